The van der Waals surface area contributed by atoms with Gasteiger partial charge in [-0.2, -0.15) is 0 Å². The van der Waals surface area contributed by atoms with Crippen LogP contribution in [0.2, 0.25) is 0 Å². The van der Waals surface area contributed by atoms with Gasteiger partial charge in [0, 0.05) is 17.7 Å². The number of amides is 1. The zero-order chi connectivity index (χ0) is 14.9. The van der Waals surface area contributed by atoms with Crippen LogP contribution in [0.5, 0.6) is 0 Å². The molecular formula is C14H14N2O4S. The standard InChI is InChI=1S/C14H14N2O4S/c17-14(15-11-6-7-21(18,19)9-11)12-8-13(20-16-12)10-4-2-1-3-5-10/h1-5,8,11H,6-7,9H2,(H,15,17)/t11-/m1/s1. The second-order valence-corrected chi connectivity index (χ2v) is 7.24. The van der Waals surface area contributed by atoms with Crippen LogP contribution in [0, 0.1) is 0 Å². The molecule has 21 heavy (non-hydrogen) atoms. The molecular weight excluding hydrogens is 292 g/mol. The van der Waals surface area contributed by atoms with Gasteiger partial charge in [0.25, 0.3) is 5.91 Å². The molecule has 0 unspecified atom stereocenters. The predicted molar refractivity (Wildman–Crippen MR) is 76.5 cm³/mol. The lowest BCUT2D eigenvalue weighted by Gasteiger charge is -2.08. The van der Waals surface area contributed by atoms with Crippen molar-refractivity contribution in [2.45, 2.75) is 12.5 Å². The Bertz CT molecular complexity index is 752. The first kappa shape index (κ1) is 13.8. The third-order valence-corrected chi connectivity index (χ3v) is 5.14. The lowest BCUT2D eigenvalue weighted by atomic mass is 10.1. The van der Waals surface area contributed by atoms with Crippen molar-refractivity contribution in [3.05, 3.63) is 42.1 Å². The minimum absolute atomic E-state index is 0.0118. The van der Waals surface area contributed by atoms with Crippen LogP contribution in [0.4, 0.5) is 0 Å². The van der Waals surface area contributed by atoms with Crippen molar-refractivity contribution in [3.8, 4) is 11.3 Å². The van der Waals surface area contributed by atoms with E-state index < -0.39 is 15.7 Å². The fourth-order valence-corrected chi connectivity index (χ4v) is 3.96. The van der Waals surface area contributed by atoms with E-state index in [1.165, 1.54) is 0 Å². The highest BCUT2D eigenvalue weighted by atomic mass is 32.2. The Hall–Kier alpha value is -2.15. The van der Waals surface area contributed by atoms with E-state index in [4.69, 9.17) is 4.52 Å². The number of nitrogens with one attached hydrogen (secondary N) is 1. The van der Waals surface area contributed by atoms with Crippen molar-refractivity contribution in [1.29, 1.82) is 0 Å². The van der Waals surface area contributed by atoms with Crippen LogP contribution in [-0.4, -0.2) is 37.0 Å². The molecule has 3 rings (SSSR count). The number of carbonyl (C=O) groups is 1. The molecule has 0 bridgehead atoms. The van der Waals surface area contributed by atoms with E-state index in [0.717, 1.165) is 5.56 Å². The van der Waals surface area contributed by atoms with E-state index in [-0.39, 0.29) is 23.2 Å². The first-order valence-electron chi connectivity index (χ1n) is 6.57. The van der Waals surface area contributed by atoms with Crippen molar-refractivity contribution in [1.82, 2.24) is 10.5 Å². The number of nitrogens with zero attached hydrogens (tertiary/aromatic N) is 1. The van der Waals surface area contributed by atoms with Crippen LogP contribution in [0.3, 0.4) is 0 Å². The summed E-state index contributed by atoms with van der Waals surface area (Å²) >= 11 is 0. The van der Waals surface area contributed by atoms with Crippen molar-refractivity contribution in [3.63, 3.8) is 0 Å². The summed E-state index contributed by atoms with van der Waals surface area (Å²) in [5.74, 6) is 0.191. The Labute approximate surface area is 122 Å². The lowest BCUT2D eigenvalue weighted by Crippen LogP contribution is -2.35. The summed E-state index contributed by atoms with van der Waals surface area (Å²) in [4.78, 5) is 12.0. The third-order valence-electron chi connectivity index (χ3n) is 3.37. The maximum Gasteiger partial charge on any atom is 0.273 e. The van der Waals surface area contributed by atoms with E-state index in [1.54, 1.807) is 6.07 Å². The molecule has 0 radical (unpaired) electrons. The maximum absolute atomic E-state index is 12.0. The normalized spacial score (nSPS) is 20.3. The first-order chi connectivity index (χ1) is 10.0. The van der Waals surface area contributed by atoms with Crippen LogP contribution < -0.4 is 5.32 Å². The molecule has 1 N–H and O–H groups in total. The van der Waals surface area contributed by atoms with Gasteiger partial charge in [0.2, 0.25) is 0 Å². The van der Waals surface area contributed by atoms with E-state index in [2.05, 4.69) is 10.5 Å². The highest BCUT2D eigenvalue weighted by Crippen LogP contribution is 2.20. The van der Waals surface area contributed by atoms with Crippen molar-refractivity contribution in [2.24, 2.45) is 0 Å². The van der Waals surface area contributed by atoms with Gasteiger partial charge < -0.3 is 9.84 Å². The van der Waals surface area contributed by atoms with E-state index >= 15 is 0 Å². The molecule has 110 valence electrons. The Kier molecular flexibility index (Phi) is 3.50. The number of carbonyl (C=O) groups excluding carboxylic acids is 1. The molecule has 1 fully saturated rings. The number of hydrogen-bond donors (Lipinski definition) is 1. The number of benzene rings is 1. The smallest absolute Gasteiger partial charge is 0.273 e. The summed E-state index contributed by atoms with van der Waals surface area (Å²) in [6, 6.07) is 10.5. The second-order valence-electron chi connectivity index (χ2n) is 5.02. The zero-order valence-electron chi connectivity index (χ0n) is 11.2. The first-order valence-corrected chi connectivity index (χ1v) is 8.39. The van der Waals surface area contributed by atoms with Gasteiger partial charge in [0.05, 0.1) is 11.5 Å². The lowest BCUT2D eigenvalue weighted by molar-refractivity contribution is 0.0932. The van der Waals surface area contributed by atoms with Crippen LogP contribution in [-0.2, 0) is 9.84 Å². The number of rotatable bonds is 3. The van der Waals surface area contributed by atoms with Gasteiger partial charge in [-0.05, 0) is 6.42 Å². The number of aromatic nitrogens is 1. The minimum Gasteiger partial charge on any atom is -0.355 e. The summed E-state index contributed by atoms with van der Waals surface area (Å²) < 4.78 is 27.9. The minimum atomic E-state index is -3.02. The fraction of sp³-hybridized carbons (Fsp3) is 0.286. The molecule has 1 aliphatic rings. The Morgan fingerprint density at radius 3 is 2.71 bits per heavy atom. The maximum atomic E-state index is 12.0. The quantitative estimate of drug-likeness (QED) is 0.922. The van der Waals surface area contributed by atoms with Crippen molar-refractivity contribution >= 4 is 15.7 Å². The van der Waals surface area contributed by atoms with Gasteiger partial charge in [-0.25, -0.2) is 8.42 Å². The van der Waals surface area contributed by atoms with Crippen molar-refractivity contribution in [2.75, 3.05) is 11.5 Å². The molecule has 7 heteroatoms. The largest absolute Gasteiger partial charge is 0.355 e. The summed E-state index contributed by atoms with van der Waals surface area (Å²) in [6.07, 6.45) is 0.442. The summed E-state index contributed by atoms with van der Waals surface area (Å²) in [7, 11) is -3.02. The second kappa shape index (κ2) is 5.33. The Morgan fingerprint density at radius 2 is 2.05 bits per heavy atom. The average Bonchev–Trinajstić information content (AvgIpc) is 3.07. The topological polar surface area (TPSA) is 89.3 Å². The summed E-state index contributed by atoms with van der Waals surface area (Å²) in [5.41, 5.74) is 0.977. The molecule has 1 saturated heterocycles. The molecule has 6 nitrogen and oxygen atoms in total. The predicted octanol–water partition coefficient (Wildman–Crippen LogP) is 1.26. The van der Waals surface area contributed by atoms with Gasteiger partial charge in [-0.3, -0.25) is 4.79 Å². The van der Waals surface area contributed by atoms with Gasteiger partial charge in [-0.1, -0.05) is 35.5 Å². The summed E-state index contributed by atoms with van der Waals surface area (Å²) in [5, 5.41) is 6.41. The zero-order valence-corrected chi connectivity index (χ0v) is 12.0. The molecule has 1 aliphatic heterocycles. The van der Waals surface area contributed by atoms with Gasteiger partial charge in [0.1, 0.15) is 0 Å². The SMILES string of the molecule is O=C(N[C@@H]1CCS(=O)(=O)C1)c1cc(-c2ccccc2)on1. The molecule has 2 heterocycles. The molecule has 2 aromatic rings. The number of hydrogen-bond acceptors (Lipinski definition) is 5. The van der Waals surface area contributed by atoms with Gasteiger partial charge in [0.15, 0.2) is 21.3 Å². The van der Waals surface area contributed by atoms with Gasteiger partial charge in [-0.15, -0.1) is 0 Å². The highest BCUT2D eigenvalue weighted by Gasteiger charge is 2.29. The molecule has 0 saturated carbocycles. The molecule has 1 aromatic carbocycles. The van der Waals surface area contributed by atoms with Crippen LogP contribution >= 0.6 is 0 Å². The molecule has 1 aromatic heterocycles. The average molecular weight is 306 g/mol. The molecule has 0 spiro atoms. The Morgan fingerprint density at radius 1 is 1.29 bits per heavy atom. The summed E-state index contributed by atoms with van der Waals surface area (Å²) in [6.45, 7) is 0. The molecule has 1 atom stereocenters. The van der Waals surface area contributed by atoms with Crippen molar-refractivity contribution < 1.29 is 17.7 Å². The van der Waals surface area contributed by atoms with Crippen LogP contribution in [0.25, 0.3) is 11.3 Å². The Balaban J connectivity index is 1.70. The highest BCUT2D eigenvalue weighted by molar-refractivity contribution is 7.91. The van der Waals surface area contributed by atoms with E-state index in [9.17, 15) is 13.2 Å². The molecule has 1 amide bonds. The van der Waals surface area contributed by atoms with Crippen LogP contribution in [0.15, 0.2) is 40.9 Å². The van der Waals surface area contributed by atoms with E-state index in [0.29, 0.717) is 12.2 Å². The molecule has 0 aliphatic carbocycles. The number of sulfone groups is 1. The van der Waals surface area contributed by atoms with Gasteiger partial charge >= 0.3 is 0 Å². The third kappa shape index (κ3) is 3.13. The van der Waals surface area contributed by atoms with Crippen LogP contribution in [0.1, 0.15) is 16.9 Å². The van der Waals surface area contributed by atoms with E-state index in [1.807, 2.05) is 30.3 Å². The monoisotopic (exact) mass is 306 g/mol. The fourth-order valence-electron chi connectivity index (χ4n) is 2.29.